The number of anilines is 2. The van der Waals surface area contributed by atoms with Crippen molar-refractivity contribution < 1.29 is 4.74 Å². The van der Waals surface area contributed by atoms with E-state index in [1.807, 2.05) is 31.2 Å². The highest BCUT2D eigenvalue weighted by Crippen LogP contribution is 2.29. The molecule has 94 valence electrons. The van der Waals surface area contributed by atoms with Gasteiger partial charge in [0.2, 0.25) is 5.28 Å². The molecule has 0 aliphatic heterocycles. The molecule has 2 aromatic rings. The summed E-state index contributed by atoms with van der Waals surface area (Å²) in [5, 5.41) is 3.60. The lowest BCUT2D eigenvalue weighted by Gasteiger charge is -2.12. The maximum absolute atomic E-state index is 5.99. The second-order valence-corrected chi connectivity index (χ2v) is 4.14. The third-order valence-corrected chi connectivity index (χ3v) is 2.61. The fourth-order valence-electron chi connectivity index (χ4n) is 1.41. The first-order chi connectivity index (χ1) is 8.70. The average Bonchev–Trinajstić information content (AvgIpc) is 2.36. The predicted molar refractivity (Wildman–Crippen MR) is 72.9 cm³/mol. The van der Waals surface area contributed by atoms with Crippen LogP contribution >= 0.6 is 23.2 Å². The van der Waals surface area contributed by atoms with Crippen molar-refractivity contribution in [1.82, 2.24) is 9.97 Å². The summed E-state index contributed by atoms with van der Waals surface area (Å²) in [5.41, 5.74) is 0.774. The average molecular weight is 284 g/mol. The number of benzene rings is 1. The quantitative estimate of drug-likeness (QED) is 0.864. The molecular formula is C12H11Cl2N3O. The van der Waals surface area contributed by atoms with Crippen molar-refractivity contribution in [2.24, 2.45) is 0 Å². The summed E-state index contributed by atoms with van der Waals surface area (Å²) in [7, 11) is 0. The lowest BCUT2D eigenvalue weighted by Crippen LogP contribution is -2.00. The number of para-hydroxylation sites is 2. The van der Waals surface area contributed by atoms with Crippen molar-refractivity contribution in [3.8, 4) is 5.75 Å². The third-order valence-electron chi connectivity index (χ3n) is 2.15. The number of nitrogens with zero attached hydrogens (tertiary/aromatic N) is 2. The molecule has 2 rings (SSSR count). The van der Waals surface area contributed by atoms with Crippen molar-refractivity contribution in [1.29, 1.82) is 0 Å². The first kappa shape index (κ1) is 12.9. The van der Waals surface area contributed by atoms with E-state index in [9.17, 15) is 0 Å². The number of halogens is 2. The van der Waals surface area contributed by atoms with E-state index in [2.05, 4.69) is 15.3 Å². The zero-order valence-corrected chi connectivity index (χ0v) is 11.2. The number of hydrogen-bond donors (Lipinski definition) is 1. The van der Waals surface area contributed by atoms with Crippen molar-refractivity contribution >= 4 is 34.7 Å². The minimum Gasteiger partial charge on any atom is -0.492 e. The van der Waals surface area contributed by atoms with Gasteiger partial charge in [0.05, 0.1) is 18.5 Å². The highest BCUT2D eigenvalue weighted by molar-refractivity contribution is 6.33. The zero-order chi connectivity index (χ0) is 13.0. The molecular weight excluding hydrogens is 273 g/mol. The van der Waals surface area contributed by atoms with Gasteiger partial charge in [0.15, 0.2) is 5.82 Å². The Hall–Kier alpha value is -1.52. The van der Waals surface area contributed by atoms with Crippen LogP contribution in [-0.4, -0.2) is 16.6 Å². The van der Waals surface area contributed by atoms with Gasteiger partial charge in [-0.1, -0.05) is 23.7 Å². The van der Waals surface area contributed by atoms with Gasteiger partial charge in [0.25, 0.3) is 0 Å². The van der Waals surface area contributed by atoms with E-state index >= 15 is 0 Å². The van der Waals surface area contributed by atoms with E-state index < -0.39 is 0 Å². The van der Waals surface area contributed by atoms with Crippen LogP contribution in [0, 0.1) is 0 Å². The molecule has 1 N–H and O–H groups in total. The third kappa shape index (κ3) is 3.03. The van der Waals surface area contributed by atoms with E-state index in [-0.39, 0.29) is 5.28 Å². The van der Waals surface area contributed by atoms with Gasteiger partial charge in [-0.3, -0.25) is 0 Å². The molecule has 0 bridgehead atoms. The molecule has 18 heavy (non-hydrogen) atoms. The number of hydrogen-bond acceptors (Lipinski definition) is 4. The molecule has 6 heteroatoms. The van der Waals surface area contributed by atoms with Crippen LogP contribution in [0.25, 0.3) is 0 Å². The van der Waals surface area contributed by atoms with Crippen LogP contribution in [0.15, 0.2) is 30.5 Å². The monoisotopic (exact) mass is 283 g/mol. The first-order valence-corrected chi connectivity index (χ1v) is 6.13. The minimum atomic E-state index is 0.135. The standard InChI is InChI=1S/C12H11Cl2N3O/c1-2-18-10-6-4-3-5-9(10)16-11-8(13)7-15-12(14)17-11/h3-7H,2H2,1H3,(H,15,16,17). The van der Waals surface area contributed by atoms with Crippen LogP contribution in [0.5, 0.6) is 5.75 Å². The lowest BCUT2D eigenvalue weighted by molar-refractivity contribution is 0.342. The molecule has 0 spiro atoms. The summed E-state index contributed by atoms with van der Waals surface area (Å²) in [6.45, 7) is 2.50. The maximum atomic E-state index is 5.99. The molecule has 0 saturated heterocycles. The number of ether oxygens (including phenoxy) is 1. The number of nitrogens with one attached hydrogen (secondary N) is 1. The molecule has 0 amide bonds. The van der Waals surface area contributed by atoms with E-state index in [1.165, 1.54) is 6.20 Å². The van der Waals surface area contributed by atoms with Crippen LogP contribution in [0.3, 0.4) is 0 Å². The molecule has 0 aliphatic rings. The fourth-order valence-corrected chi connectivity index (χ4v) is 1.68. The van der Waals surface area contributed by atoms with Crippen molar-refractivity contribution in [3.63, 3.8) is 0 Å². The summed E-state index contributed by atoms with van der Waals surface area (Å²) in [6.07, 6.45) is 1.45. The Morgan fingerprint density at radius 3 is 2.83 bits per heavy atom. The van der Waals surface area contributed by atoms with Crippen LogP contribution < -0.4 is 10.1 Å². The topological polar surface area (TPSA) is 47.0 Å². The molecule has 0 fully saturated rings. The Kier molecular flexibility index (Phi) is 4.23. The first-order valence-electron chi connectivity index (χ1n) is 5.37. The molecule has 0 radical (unpaired) electrons. The van der Waals surface area contributed by atoms with Gasteiger partial charge in [0, 0.05) is 0 Å². The van der Waals surface area contributed by atoms with Gasteiger partial charge < -0.3 is 10.1 Å². The predicted octanol–water partition coefficient (Wildman–Crippen LogP) is 3.93. The molecule has 0 saturated carbocycles. The van der Waals surface area contributed by atoms with Gasteiger partial charge >= 0.3 is 0 Å². The zero-order valence-electron chi connectivity index (χ0n) is 9.65. The van der Waals surface area contributed by atoms with Gasteiger partial charge in [-0.15, -0.1) is 0 Å². The lowest BCUT2D eigenvalue weighted by atomic mass is 10.3. The van der Waals surface area contributed by atoms with Gasteiger partial charge in [-0.05, 0) is 30.7 Å². The van der Waals surface area contributed by atoms with E-state index in [4.69, 9.17) is 27.9 Å². The van der Waals surface area contributed by atoms with Crippen molar-refractivity contribution in [3.05, 3.63) is 40.8 Å². The molecule has 1 aromatic carbocycles. The van der Waals surface area contributed by atoms with Crippen LogP contribution in [0.1, 0.15) is 6.92 Å². The van der Waals surface area contributed by atoms with Crippen LogP contribution in [0.4, 0.5) is 11.5 Å². The molecule has 0 atom stereocenters. The molecule has 1 aromatic heterocycles. The van der Waals surface area contributed by atoms with E-state index in [0.29, 0.717) is 17.4 Å². The molecule has 0 unspecified atom stereocenters. The van der Waals surface area contributed by atoms with Crippen molar-refractivity contribution in [2.45, 2.75) is 6.92 Å². The summed E-state index contributed by atoms with van der Waals surface area (Å²) in [5.74, 6) is 1.18. The summed E-state index contributed by atoms with van der Waals surface area (Å²) in [6, 6.07) is 7.52. The number of rotatable bonds is 4. The van der Waals surface area contributed by atoms with Crippen molar-refractivity contribution in [2.75, 3.05) is 11.9 Å². The fraction of sp³-hybridized carbons (Fsp3) is 0.167. The largest absolute Gasteiger partial charge is 0.492 e. The highest BCUT2D eigenvalue weighted by Gasteiger charge is 2.08. The Morgan fingerprint density at radius 2 is 2.06 bits per heavy atom. The SMILES string of the molecule is CCOc1ccccc1Nc1nc(Cl)ncc1Cl. The van der Waals surface area contributed by atoms with Gasteiger partial charge in [0.1, 0.15) is 10.8 Å². The molecule has 4 nitrogen and oxygen atoms in total. The van der Waals surface area contributed by atoms with Crippen LogP contribution in [0.2, 0.25) is 10.3 Å². The Morgan fingerprint density at radius 1 is 1.28 bits per heavy atom. The second kappa shape index (κ2) is 5.89. The van der Waals surface area contributed by atoms with E-state index in [1.54, 1.807) is 0 Å². The summed E-state index contributed by atoms with van der Waals surface area (Å²) >= 11 is 11.7. The molecule has 1 heterocycles. The smallest absolute Gasteiger partial charge is 0.224 e. The van der Waals surface area contributed by atoms with Crippen LogP contribution in [-0.2, 0) is 0 Å². The normalized spacial score (nSPS) is 10.2. The van der Waals surface area contributed by atoms with Gasteiger partial charge in [-0.25, -0.2) is 4.98 Å². The number of aromatic nitrogens is 2. The molecule has 0 aliphatic carbocycles. The second-order valence-electron chi connectivity index (χ2n) is 3.39. The summed E-state index contributed by atoms with van der Waals surface area (Å²) in [4.78, 5) is 7.82. The Bertz CT molecular complexity index is 549. The van der Waals surface area contributed by atoms with Gasteiger partial charge in [-0.2, -0.15) is 4.98 Å². The Labute approximate surface area is 115 Å². The maximum Gasteiger partial charge on any atom is 0.224 e. The van der Waals surface area contributed by atoms with E-state index in [0.717, 1.165) is 11.4 Å². The highest BCUT2D eigenvalue weighted by atomic mass is 35.5. The minimum absolute atomic E-state index is 0.135. The summed E-state index contributed by atoms with van der Waals surface area (Å²) < 4.78 is 5.50. The Balaban J connectivity index is 2.30.